The lowest BCUT2D eigenvalue weighted by molar-refractivity contribution is -0.159. The van der Waals surface area contributed by atoms with Gasteiger partial charge in [0.2, 0.25) is 0 Å². The van der Waals surface area contributed by atoms with E-state index < -0.39 is 18.1 Å². The largest absolute Gasteiger partial charge is 0.393 e. The predicted octanol–water partition coefficient (Wildman–Crippen LogP) is 3.94. The molecule has 4 unspecified atom stereocenters. The highest BCUT2D eigenvalue weighted by molar-refractivity contribution is 6.01. The number of aliphatic hydroxyl groups is 2. The number of hydrogen-bond donors (Lipinski definition) is 2. The topological polar surface area (TPSA) is 77.8 Å². The minimum absolute atomic E-state index is 0.0451. The Morgan fingerprint density at radius 1 is 1.17 bits per heavy atom. The minimum Gasteiger partial charge on any atom is -0.393 e. The highest BCUT2D eigenvalue weighted by Crippen LogP contribution is 2.73. The van der Waals surface area contributed by atoms with Crippen molar-refractivity contribution in [1.29, 1.82) is 0 Å². The second-order valence-electron chi connectivity index (χ2n) is 12.7. The summed E-state index contributed by atoms with van der Waals surface area (Å²) in [5.41, 5.74) is 1.06. The van der Waals surface area contributed by atoms with Crippen molar-refractivity contribution in [3.05, 3.63) is 59.7 Å². The van der Waals surface area contributed by atoms with Gasteiger partial charge in [-0.25, -0.2) is 0 Å². The summed E-state index contributed by atoms with van der Waals surface area (Å²) in [5.74, 6) is 0.827. The molecule has 5 aliphatic rings. The summed E-state index contributed by atoms with van der Waals surface area (Å²) in [6.07, 6.45) is 8.30. The molecule has 1 aliphatic heterocycles. The molecule has 0 amide bonds. The van der Waals surface area contributed by atoms with Gasteiger partial charge in [0.05, 0.1) is 11.5 Å². The van der Waals surface area contributed by atoms with Gasteiger partial charge in [-0.1, -0.05) is 55.8 Å². The van der Waals surface area contributed by atoms with E-state index in [-0.39, 0.29) is 40.3 Å². The molecule has 1 aromatic carbocycles. The maximum atomic E-state index is 13.8. The number of hydrogen-bond acceptors (Lipinski definition) is 5. The molecular weight excluding hydrogens is 450 g/mol. The summed E-state index contributed by atoms with van der Waals surface area (Å²) in [5, 5.41) is 22.1. The van der Waals surface area contributed by atoms with Crippen LogP contribution in [0.3, 0.4) is 0 Å². The van der Waals surface area contributed by atoms with Crippen molar-refractivity contribution in [3.63, 3.8) is 0 Å². The molecule has 3 saturated carbocycles. The van der Waals surface area contributed by atoms with E-state index in [1.807, 2.05) is 12.1 Å². The number of ketones is 2. The third-order valence-corrected chi connectivity index (χ3v) is 11.5. The monoisotopic (exact) mass is 489 g/mol. The Labute approximate surface area is 214 Å². The molecule has 36 heavy (non-hydrogen) atoms. The Morgan fingerprint density at radius 3 is 2.64 bits per heavy atom. The summed E-state index contributed by atoms with van der Waals surface area (Å²) in [7, 11) is 0. The minimum atomic E-state index is -0.651. The molecule has 0 radical (unpaired) electrons. The van der Waals surface area contributed by atoms with Crippen molar-refractivity contribution in [2.75, 3.05) is 13.2 Å². The Morgan fingerprint density at radius 2 is 1.92 bits per heavy atom. The Kier molecular flexibility index (Phi) is 5.53. The number of Topliss-reactive ketones (excluding diaryl/α,β-unsaturated/α-hetero) is 1. The lowest BCUT2D eigenvalue weighted by Gasteiger charge is -2.60. The number of likely N-dealkylation sites (tertiary alicyclic amines) is 1. The van der Waals surface area contributed by atoms with Crippen molar-refractivity contribution in [2.24, 2.45) is 39.9 Å². The molecule has 0 spiro atoms. The zero-order valence-corrected chi connectivity index (χ0v) is 21.7. The predicted molar refractivity (Wildman–Crippen MR) is 138 cm³/mol. The fourth-order valence-corrected chi connectivity index (χ4v) is 9.92. The van der Waals surface area contributed by atoms with Gasteiger partial charge in [0.15, 0.2) is 11.6 Å². The summed E-state index contributed by atoms with van der Waals surface area (Å²) < 4.78 is 0. The van der Waals surface area contributed by atoms with E-state index in [0.717, 1.165) is 31.4 Å². The fraction of sp³-hybridized carbons (Fsp3) is 0.613. The van der Waals surface area contributed by atoms with Crippen LogP contribution in [0, 0.1) is 39.9 Å². The van der Waals surface area contributed by atoms with Crippen LogP contribution in [0.25, 0.3) is 0 Å². The zero-order chi connectivity index (χ0) is 25.5. The molecule has 4 fully saturated rings. The number of allylic oxidation sites excluding steroid dienone is 4. The molecule has 0 bridgehead atoms. The lowest BCUT2D eigenvalue weighted by atomic mass is 9.44. The van der Waals surface area contributed by atoms with Crippen molar-refractivity contribution in [3.8, 4) is 0 Å². The maximum absolute atomic E-state index is 13.8. The van der Waals surface area contributed by atoms with Gasteiger partial charge in [0, 0.05) is 30.5 Å². The molecule has 9 atom stereocenters. The fourth-order valence-electron chi connectivity index (χ4n) is 9.92. The molecule has 4 aliphatic carbocycles. The van der Waals surface area contributed by atoms with Gasteiger partial charge in [0.1, 0.15) is 6.61 Å². The number of nitrogens with zero attached hydrogens (tertiary/aromatic N) is 1. The van der Waals surface area contributed by atoms with Gasteiger partial charge >= 0.3 is 0 Å². The van der Waals surface area contributed by atoms with Crippen molar-refractivity contribution < 1.29 is 19.8 Å². The maximum Gasteiger partial charge on any atom is 0.178 e. The molecule has 1 saturated heterocycles. The molecule has 5 nitrogen and oxygen atoms in total. The summed E-state index contributed by atoms with van der Waals surface area (Å²) in [6.45, 7) is 7.69. The molecule has 2 N–H and O–H groups in total. The van der Waals surface area contributed by atoms with Crippen LogP contribution in [0.15, 0.2) is 54.1 Å². The van der Waals surface area contributed by atoms with Crippen molar-refractivity contribution >= 4 is 11.6 Å². The van der Waals surface area contributed by atoms with Crippen LogP contribution < -0.4 is 0 Å². The van der Waals surface area contributed by atoms with Crippen LogP contribution in [0.1, 0.15) is 52.0 Å². The van der Waals surface area contributed by atoms with Gasteiger partial charge in [-0.2, -0.15) is 0 Å². The highest BCUT2D eigenvalue weighted by Gasteiger charge is 2.74. The van der Waals surface area contributed by atoms with E-state index in [1.54, 1.807) is 12.2 Å². The first kappa shape index (κ1) is 24.3. The first-order valence-electron chi connectivity index (χ1n) is 13.7. The van der Waals surface area contributed by atoms with Gasteiger partial charge in [0.25, 0.3) is 0 Å². The van der Waals surface area contributed by atoms with E-state index >= 15 is 0 Å². The average Bonchev–Trinajstić information content (AvgIpc) is 3.28. The van der Waals surface area contributed by atoms with Crippen LogP contribution in [0.5, 0.6) is 0 Å². The van der Waals surface area contributed by atoms with Crippen LogP contribution in [0.2, 0.25) is 0 Å². The van der Waals surface area contributed by atoms with Gasteiger partial charge in [-0.05, 0) is 73.5 Å². The smallest absolute Gasteiger partial charge is 0.178 e. The van der Waals surface area contributed by atoms with Gasteiger partial charge in [-0.15, -0.1) is 0 Å². The molecule has 6 rings (SSSR count). The van der Waals surface area contributed by atoms with Crippen LogP contribution in [-0.2, 0) is 16.1 Å². The van der Waals surface area contributed by atoms with Crippen LogP contribution >= 0.6 is 0 Å². The highest BCUT2D eigenvalue weighted by atomic mass is 16.3. The number of benzene rings is 1. The Bertz CT molecular complexity index is 1140. The van der Waals surface area contributed by atoms with Crippen molar-refractivity contribution in [1.82, 2.24) is 4.90 Å². The second-order valence-corrected chi connectivity index (χ2v) is 12.7. The Hall–Kier alpha value is -2.08. The second kappa shape index (κ2) is 8.21. The van der Waals surface area contributed by atoms with E-state index in [0.29, 0.717) is 24.8 Å². The Balaban J connectivity index is 1.39. The number of carbonyl (C=O) groups is 2. The molecule has 5 heteroatoms. The third kappa shape index (κ3) is 3.06. The number of carbonyl (C=O) groups excluding carboxylic acids is 2. The van der Waals surface area contributed by atoms with Gasteiger partial charge < -0.3 is 10.2 Å². The number of fused-ring (bicyclic) bond motifs is 7. The van der Waals surface area contributed by atoms with E-state index in [2.05, 4.69) is 49.9 Å². The molecule has 1 heterocycles. The van der Waals surface area contributed by atoms with Crippen LogP contribution in [-0.4, -0.2) is 52.0 Å². The average molecular weight is 490 g/mol. The first-order valence-corrected chi connectivity index (χ1v) is 13.7. The summed E-state index contributed by atoms with van der Waals surface area (Å²) >= 11 is 0. The summed E-state index contributed by atoms with van der Waals surface area (Å²) in [6, 6.07) is 10.6. The first-order chi connectivity index (χ1) is 17.2. The molecule has 0 aromatic heterocycles. The van der Waals surface area contributed by atoms with E-state index in [9.17, 15) is 19.8 Å². The van der Waals surface area contributed by atoms with E-state index in [1.165, 1.54) is 5.56 Å². The normalized spacial score (nSPS) is 45.5. The van der Waals surface area contributed by atoms with Crippen molar-refractivity contribution in [2.45, 2.75) is 65.1 Å². The molecular formula is C31H39NO4. The third-order valence-electron chi connectivity index (χ3n) is 11.5. The number of rotatable bonds is 4. The molecule has 192 valence electrons. The van der Waals surface area contributed by atoms with Crippen LogP contribution in [0.4, 0.5) is 0 Å². The quantitative estimate of drug-likeness (QED) is 0.670. The molecule has 1 aromatic rings. The van der Waals surface area contributed by atoms with Gasteiger partial charge in [-0.3, -0.25) is 14.5 Å². The zero-order valence-electron chi connectivity index (χ0n) is 21.7. The SMILES string of the molecule is CC1[C@@H]2CC3[C@@H]4CCC5=CC(=O)C=C[C@]5(C)C4C(O)C[C@]3(C)[C@]2(C(=O)CO)CN1Cc1ccccc1. The number of aliphatic hydroxyl groups excluding tert-OH is 2. The summed E-state index contributed by atoms with van der Waals surface area (Å²) in [4.78, 5) is 28.4. The van der Waals surface area contributed by atoms with E-state index in [4.69, 9.17) is 0 Å². The lowest BCUT2D eigenvalue weighted by Crippen LogP contribution is -2.60. The standard InChI is InChI=1S/C31H39NO4/c1-19-24-14-25-23-10-9-21-13-22(34)11-12-29(21,2)28(23)26(35)15-30(25,3)31(24,27(36)17-33)18-32(19)16-20-7-5-4-6-8-20/h4-8,11-13,19,23-26,28,33,35H,9-10,14-18H2,1-3H3/t19?,23-,24-,25?,26?,28?,29-,30-,31+/m0/s1.